The Hall–Kier alpha value is -0.785. The van der Waals surface area contributed by atoms with Gasteiger partial charge in [0.1, 0.15) is 5.60 Å². The van der Waals surface area contributed by atoms with Crippen molar-refractivity contribution in [3.8, 4) is 0 Å². The fourth-order valence-electron chi connectivity index (χ4n) is 3.78. The van der Waals surface area contributed by atoms with Gasteiger partial charge in [-0.15, -0.1) is 0 Å². The molecule has 6 nitrogen and oxygen atoms in total. The van der Waals surface area contributed by atoms with Crippen molar-refractivity contribution in [3.63, 3.8) is 0 Å². The van der Waals surface area contributed by atoms with E-state index in [9.17, 15) is 4.79 Å². The highest BCUT2D eigenvalue weighted by atomic mass is 16.7. The molecule has 0 saturated carbocycles. The molecule has 7 heteroatoms. The van der Waals surface area contributed by atoms with Crippen LogP contribution in [-0.2, 0) is 14.0 Å². The summed E-state index contributed by atoms with van der Waals surface area (Å²) in [5.74, 6) is 0.247. The number of carbonyl (C=O) groups excluding carboxylic acids is 1. The van der Waals surface area contributed by atoms with E-state index in [4.69, 9.17) is 14.0 Å². The second-order valence-corrected chi connectivity index (χ2v) is 9.56. The second-order valence-electron chi connectivity index (χ2n) is 9.56. The van der Waals surface area contributed by atoms with Gasteiger partial charge in [-0.25, -0.2) is 4.79 Å². The van der Waals surface area contributed by atoms with Gasteiger partial charge in [0.25, 0.3) is 0 Å². The first-order valence-electron chi connectivity index (χ1n) is 8.90. The Morgan fingerprint density at radius 3 is 2.21 bits per heavy atom. The molecule has 24 heavy (non-hydrogen) atoms. The standard InChI is InChI=1S/C17H31BN2O4/c1-14(2,3)22-13(21)20-10-17(11-20)9-19-8-12(17)18-23-15(4,5)16(6,7)24-18/h12,19H,8-11H2,1-7H3. The molecule has 3 heterocycles. The van der Waals surface area contributed by atoms with E-state index < -0.39 is 5.60 Å². The van der Waals surface area contributed by atoms with Gasteiger partial charge in [0, 0.05) is 30.9 Å². The third-order valence-corrected chi connectivity index (χ3v) is 5.89. The fraction of sp³-hybridized carbons (Fsp3) is 0.941. The van der Waals surface area contributed by atoms with E-state index in [1.54, 1.807) is 4.90 Å². The predicted molar refractivity (Wildman–Crippen MR) is 92.9 cm³/mol. The molecule has 3 fully saturated rings. The van der Waals surface area contributed by atoms with Crippen LogP contribution in [0.4, 0.5) is 4.79 Å². The van der Waals surface area contributed by atoms with Gasteiger partial charge in [0.15, 0.2) is 0 Å². The molecule has 0 radical (unpaired) electrons. The molecule has 1 unspecified atom stereocenters. The quantitative estimate of drug-likeness (QED) is 0.744. The molecule has 3 saturated heterocycles. The SMILES string of the molecule is CC(C)(C)OC(=O)N1CC2(CNCC2B2OC(C)(C)C(C)(C)O2)C1. The number of carbonyl (C=O) groups is 1. The first-order chi connectivity index (χ1) is 10.9. The molecular weight excluding hydrogens is 307 g/mol. The lowest BCUT2D eigenvalue weighted by molar-refractivity contribution is -0.0298. The zero-order valence-corrected chi connectivity index (χ0v) is 16.1. The summed E-state index contributed by atoms with van der Waals surface area (Å²) >= 11 is 0. The molecule has 1 spiro atoms. The molecule has 0 aromatic rings. The molecule has 136 valence electrons. The minimum Gasteiger partial charge on any atom is -0.444 e. The van der Waals surface area contributed by atoms with E-state index in [1.807, 2.05) is 20.8 Å². The number of nitrogens with one attached hydrogen (secondary N) is 1. The fourth-order valence-corrected chi connectivity index (χ4v) is 3.78. The summed E-state index contributed by atoms with van der Waals surface area (Å²) in [6.45, 7) is 17.1. The van der Waals surface area contributed by atoms with E-state index in [0.29, 0.717) is 13.1 Å². The van der Waals surface area contributed by atoms with Crippen molar-refractivity contribution in [1.82, 2.24) is 10.2 Å². The third kappa shape index (κ3) is 2.95. The van der Waals surface area contributed by atoms with E-state index in [0.717, 1.165) is 13.1 Å². The molecular formula is C17H31BN2O4. The molecule has 0 aromatic heterocycles. The largest absolute Gasteiger partial charge is 0.463 e. The van der Waals surface area contributed by atoms with Gasteiger partial charge in [0.2, 0.25) is 0 Å². The van der Waals surface area contributed by atoms with Crippen molar-refractivity contribution in [2.75, 3.05) is 26.2 Å². The number of hydrogen-bond acceptors (Lipinski definition) is 5. The zero-order valence-electron chi connectivity index (χ0n) is 16.1. The lowest BCUT2D eigenvalue weighted by Crippen LogP contribution is -2.63. The van der Waals surface area contributed by atoms with Crippen molar-refractivity contribution in [1.29, 1.82) is 0 Å². The lowest BCUT2D eigenvalue weighted by Gasteiger charge is -2.50. The smallest absolute Gasteiger partial charge is 0.444 e. The zero-order chi connectivity index (χ0) is 18.0. The topological polar surface area (TPSA) is 60.0 Å². The van der Waals surface area contributed by atoms with Crippen molar-refractivity contribution in [2.24, 2.45) is 5.41 Å². The van der Waals surface area contributed by atoms with Gasteiger partial charge >= 0.3 is 13.2 Å². The highest BCUT2D eigenvalue weighted by Gasteiger charge is 2.63. The number of likely N-dealkylation sites (tertiary alicyclic amines) is 1. The summed E-state index contributed by atoms with van der Waals surface area (Å²) in [4.78, 5) is 14.0. The number of nitrogens with zero attached hydrogens (tertiary/aromatic N) is 1. The van der Waals surface area contributed by atoms with Gasteiger partial charge in [-0.2, -0.15) is 0 Å². The monoisotopic (exact) mass is 338 g/mol. The van der Waals surface area contributed by atoms with Gasteiger partial charge in [-0.05, 0) is 55.0 Å². The van der Waals surface area contributed by atoms with Crippen molar-refractivity contribution in [2.45, 2.75) is 71.1 Å². The Labute approximate surface area is 145 Å². The van der Waals surface area contributed by atoms with Gasteiger partial charge in [-0.3, -0.25) is 0 Å². The normalized spacial score (nSPS) is 30.5. The van der Waals surface area contributed by atoms with E-state index in [2.05, 4.69) is 33.0 Å². The minimum atomic E-state index is -0.459. The molecule has 3 aliphatic heterocycles. The van der Waals surface area contributed by atoms with Crippen LogP contribution < -0.4 is 5.32 Å². The minimum absolute atomic E-state index is 0.0259. The van der Waals surface area contributed by atoms with Crippen LogP contribution in [0.3, 0.4) is 0 Å². The van der Waals surface area contributed by atoms with Gasteiger partial charge in [0.05, 0.1) is 11.2 Å². The molecule has 3 aliphatic rings. The molecule has 1 N–H and O–H groups in total. The Bertz CT molecular complexity index is 507. The first kappa shape index (κ1) is 18.0. The highest BCUT2D eigenvalue weighted by Crippen LogP contribution is 2.51. The van der Waals surface area contributed by atoms with Crippen molar-refractivity contribution >= 4 is 13.2 Å². The van der Waals surface area contributed by atoms with Crippen molar-refractivity contribution in [3.05, 3.63) is 0 Å². The molecule has 3 rings (SSSR count). The van der Waals surface area contributed by atoms with E-state index in [1.165, 1.54) is 0 Å². The average Bonchev–Trinajstić information content (AvgIpc) is 2.84. The van der Waals surface area contributed by atoms with Gasteiger partial charge in [-0.1, -0.05) is 0 Å². The maximum absolute atomic E-state index is 12.2. The maximum atomic E-state index is 12.2. The number of hydrogen-bond donors (Lipinski definition) is 1. The number of amides is 1. The van der Waals surface area contributed by atoms with Gasteiger partial charge < -0.3 is 24.3 Å². The summed E-state index contributed by atoms with van der Waals surface area (Å²) < 4.78 is 18.0. The lowest BCUT2D eigenvalue weighted by atomic mass is 9.56. The summed E-state index contributed by atoms with van der Waals surface area (Å²) in [5, 5.41) is 3.47. The Kier molecular flexibility index (Phi) is 4.02. The third-order valence-electron chi connectivity index (χ3n) is 5.89. The van der Waals surface area contributed by atoms with E-state index >= 15 is 0 Å². The van der Waals surface area contributed by atoms with Crippen LogP contribution in [0.2, 0.25) is 5.82 Å². The predicted octanol–water partition coefficient (Wildman–Crippen LogP) is 2.29. The Balaban J connectivity index is 1.65. The average molecular weight is 338 g/mol. The van der Waals surface area contributed by atoms with Crippen LogP contribution in [0.15, 0.2) is 0 Å². The van der Waals surface area contributed by atoms with Crippen LogP contribution in [0, 0.1) is 5.41 Å². The van der Waals surface area contributed by atoms with Crippen LogP contribution in [0.5, 0.6) is 0 Å². The first-order valence-corrected chi connectivity index (χ1v) is 8.90. The highest BCUT2D eigenvalue weighted by molar-refractivity contribution is 6.48. The van der Waals surface area contributed by atoms with Crippen molar-refractivity contribution < 1.29 is 18.8 Å². The molecule has 1 atom stereocenters. The number of ether oxygens (including phenoxy) is 1. The Morgan fingerprint density at radius 2 is 1.71 bits per heavy atom. The van der Waals surface area contributed by atoms with Crippen LogP contribution in [0.25, 0.3) is 0 Å². The summed E-state index contributed by atoms with van der Waals surface area (Å²) in [7, 11) is -0.231. The summed E-state index contributed by atoms with van der Waals surface area (Å²) in [6.07, 6.45) is -0.229. The molecule has 1 amide bonds. The maximum Gasteiger partial charge on any atom is 0.463 e. The van der Waals surface area contributed by atoms with Crippen LogP contribution in [0.1, 0.15) is 48.5 Å². The summed E-state index contributed by atoms with van der Waals surface area (Å²) in [6, 6.07) is 0. The summed E-state index contributed by atoms with van der Waals surface area (Å²) in [5.41, 5.74) is -1.08. The number of rotatable bonds is 1. The Morgan fingerprint density at radius 1 is 1.17 bits per heavy atom. The van der Waals surface area contributed by atoms with Crippen LogP contribution in [-0.4, -0.2) is 61.1 Å². The molecule has 0 aliphatic carbocycles. The van der Waals surface area contributed by atoms with Crippen LogP contribution >= 0.6 is 0 Å². The molecule has 0 aromatic carbocycles. The second kappa shape index (κ2) is 5.35. The molecule has 0 bridgehead atoms. The van der Waals surface area contributed by atoms with E-state index in [-0.39, 0.29) is 35.6 Å².